The third kappa shape index (κ3) is 6.00. The molecular formula is C25H30Si. The molecule has 0 aromatic heterocycles. The van der Waals surface area contributed by atoms with E-state index in [1.165, 1.54) is 54.1 Å². The fourth-order valence-electron chi connectivity index (χ4n) is 3.65. The van der Waals surface area contributed by atoms with E-state index >= 15 is 0 Å². The molecule has 0 aliphatic heterocycles. The molecule has 0 fully saturated rings. The van der Waals surface area contributed by atoms with Crippen LogP contribution in [-0.4, -0.2) is 8.07 Å². The molecule has 0 radical (unpaired) electrons. The summed E-state index contributed by atoms with van der Waals surface area (Å²) in [6.07, 6.45) is 3.69. The van der Waals surface area contributed by atoms with Crippen molar-refractivity contribution in [2.75, 3.05) is 0 Å². The molecule has 0 nitrogen and oxygen atoms in total. The Hall–Kier alpha value is -2.12. The van der Waals surface area contributed by atoms with Gasteiger partial charge >= 0.3 is 0 Å². The summed E-state index contributed by atoms with van der Waals surface area (Å²) in [5, 5.41) is 0. The van der Waals surface area contributed by atoms with Crippen molar-refractivity contribution in [1.29, 1.82) is 0 Å². The number of hydrogen-bond donors (Lipinski definition) is 0. The molecule has 0 aliphatic rings. The van der Waals surface area contributed by atoms with Gasteiger partial charge < -0.3 is 0 Å². The van der Waals surface area contributed by atoms with Crippen LogP contribution in [-0.2, 0) is 19.3 Å². The van der Waals surface area contributed by atoms with E-state index in [-0.39, 0.29) is 0 Å². The van der Waals surface area contributed by atoms with E-state index in [0.29, 0.717) is 0 Å². The predicted octanol–water partition coefficient (Wildman–Crippen LogP) is 6.79. The first-order valence-electron chi connectivity index (χ1n) is 9.85. The van der Waals surface area contributed by atoms with Crippen LogP contribution in [0.2, 0.25) is 24.7 Å². The summed E-state index contributed by atoms with van der Waals surface area (Å²) < 4.78 is 0. The third-order valence-corrected chi connectivity index (χ3v) is 9.95. The first kappa shape index (κ1) is 18.7. The maximum absolute atomic E-state index is 2.63. The van der Waals surface area contributed by atoms with Crippen molar-refractivity contribution in [2.24, 2.45) is 0 Å². The lowest BCUT2D eigenvalue weighted by Crippen LogP contribution is -2.31. The molecule has 0 spiro atoms. The normalized spacial score (nSPS) is 11.4. The van der Waals surface area contributed by atoms with Crippen molar-refractivity contribution >= 4 is 8.07 Å². The molecule has 26 heavy (non-hydrogen) atoms. The van der Waals surface area contributed by atoms with Gasteiger partial charge in [-0.2, -0.15) is 0 Å². The second-order valence-corrected chi connectivity index (χ2v) is 12.9. The molecule has 3 aromatic rings. The standard InChI is InChI=1S/C25H30Si/c1-26(20-17-23-11-5-2-6-12-23,21-18-24-13-7-3-8-14-24)22-19-25-15-9-4-10-16-25/h2-16H,17-22H2,1H3. The molecule has 0 unspecified atom stereocenters. The SMILES string of the molecule is C[Si](CCc1ccccc1)(CCc1ccccc1)CCc1ccccc1. The molecule has 134 valence electrons. The van der Waals surface area contributed by atoms with Crippen molar-refractivity contribution < 1.29 is 0 Å². The number of hydrogen-bond acceptors (Lipinski definition) is 0. The molecule has 3 rings (SSSR count). The van der Waals surface area contributed by atoms with Crippen LogP contribution < -0.4 is 0 Å². The monoisotopic (exact) mass is 358 g/mol. The van der Waals surface area contributed by atoms with Gasteiger partial charge in [0.2, 0.25) is 0 Å². The lowest BCUT2D eigenvalue weighted by molar-refractivity contribution is 0.969. The Balaban J connectivity index is 1.64. The van der Waals surface area contributed by atoms with Crippen LogP contribution in [0.25, 0.3) is 0 Å². The van der Waals surface area contributed by atoms with Gasteiger partial charge in [0.1, 0.15) is 0 Å². The van der Waals surface area contributed by atoms with Gasteiger partial charge in [-0.3, -0.25) is 0 Å². The van der Waals surface area contributed by atoms with E-state index < -0.39 is 8.07 Å². The van der Waals surface area contributed by atoms with Gasteiger partial charge in [0.15, 0.2) is 0 Å². The number of benzene rings is 3. The highest BCUT2D eigenvalue weighted by Crippen LogP contribution is 2.27. The van der Waals surface area contributed by atoms with Gasteiger partial charge in [-0.25, -0.2) is 0 Å². The molecule has 0 N–H and O–H groups in total. The van der Waals surface area contributed by atoms with E-state index in [9.17, 15) is 0 Å². The minimum atomic E-state index is -1.30. The highest BCUT2D eigenvalue weighted by molar-refractivity contribution is 6.78. The lowest BCUT2D eigenvalue weighted by atomic mass is 10.2. The molecule has 0 saturated carbocycles. The van der Waals surface area contributed by atoms with Crippen molar-refractivity contribution in [3.05, 3.63) is 108 Å². The summed E-state index contributed by atoms with van der Waals surface area (Å²) in [7, 11) is -1.30. The average molecular weight is 359 g/mol. The van der Waals surface area contributed by atoms with E-state index in [2.05, 4.69) is 97.5 Å². The minimum absolute atomic E-state index is 1.23. The molecule has 0 atom stereocenters. The maximum atomic E-state index is 2.63. The summed E-state index contributed by atoms with van der Waals surface area (Å²) >= 11 is 0. The Labute approximate surface area is 159 Å². The Morgan fingerprint density at radius 3 is 1.00 bits per heavy atom. The summed E-state index contributed by atoms with van der Waals surface area (Å²) in [4.78, 5) is 0. The van der Waals surface area contributed by atoms with Crippen LogP contribution >= 0.6 is 0 Å². The maximum Gasteiger partial charge on any atom is 0.0514 e. The van der Waals surface area contributed by atoms with Gasteiger partial charge in [0, 0.05) is 0 Å². The Bertz CT molecular complexity index is 644. The third-order valence-electron chi connectivity index (χ3n) is 5.58. The van der Waals surface area contributed by atoms with E-state index in [1.807, 2.05) is 0 Å². The number of rotatable bonds is 9. The molecule has 1 heteroatoms. The second kappa shape index (κ2) is 9.54. The first-order chi connectivity index (χ1) is 12.7. The van der Waals surface area contributed by atoms with Gasteiger partial charge in [-0.15, -0.1) is 0 Å². The zero-order valence-corrected chi connectivity index (χ0v) is 16.9. The van der Waals surface area contributed by atoms with E-state index in [1.54, 1.807) is 0 Å². The summed E-state index contributed by atoms with van der Waals surface area (Å²) in [6.45, 7) is 2.63. The molecule has 3 aromatic carbocycles. The Kier molecular flexibility index (Phi) is 6.85. The predicted molar refractivity (Wildman–Crippen MR) is 116 cm³/mol. The largest absolute Gasteiger partial charge is 0.0691 e. The summed E-state index contributed by atoms with van der Waals surface area (Å²) in [6, 6.07) is 37.2. The van der Waals surface area contributed by atoms with Crippen molar-refractivity contribution in [3.63, 3.8) is 0 Å². The van der Waals surface area contributed by atoms with Crippen LogP contribution in [0, 0.1) is 0 Å². The highest BCUT2D eigenvalue weighted by Gasteiger charge is 2.26. The van der Waals surface area contributed by atoms with Gasteiger partial charge in [0.05, 0.1) is 8.07 Å². The quantitative estimate of drug-likeness (QED) is 0.369. The van der Waals surface area contributed by atoms with Crippen LogP contribution in [0.4, 0.5) is 0 Å². The van der Waals surface area contributed by atoms with Crippen LogP contribution in [0.5, 0.6) is 0 Å². The van der Waals surface area contributed by atoms with Crippen molar-refractivity contribution in [3.8, 4) is 0 Å². The Morgan fingerprint density at radius 1 is 0.462 bits per heavy atom. The molecule has 0 aliphatic carbocycles. The van der Waals surface area contributed by atoms with Crippen LogP contribution in [0.15, 0.2) is 91.0 Å². The van der Waals surface area contributed by atoms with Crippen LogP contribution in [0.3, 0.4) is 0 Å². The fourth-order valence-corrected chi connectivity index (χ4v) is 7.07. The van der Waals surface area contributed by atoms with Gasteiger partial charge in [0.25, 0.3) is 0 Å². The summed E-state index contributed by atoms with van der Waals surface area (Å²) in [5.41, 5.74) is 4.47. The van der Waals surface area contributed by atoms with Crippen LogP contribution in [0.1, 0.15) is 16.7 Å². The second-order valence-electron chi connectivity index (χ2n) is 7.77. The van der Waals surface area contributed by atoms with Crippen molar-refractivity contribution in [2.45, 2.75) is 43.9 Å². The fraction of sp³-hybridized carbons (Fsp3) is 0.280. The molecule has 0 amide bonds. The average Bonchev–Trinajstić information content (AvgIpc) is 2.72. The highest BCUT2D eigenvalue weighted by atomic mass is 28.3. The van der Waals surface area contributed by atoms with E-state index in [4.69, 9.17) is 0 Å². The minimum Gasteiger partial charge on any atom is -0.0691 e. The Morgan fingerprint density at radius 2 is 0.731 bits per heavy atom. The molecule has 0 heterocycles. The van der Waals surface area contributed by atoms with Crippen molar-refractivity contribution in [1.82, 2.24) is 0 Å². The molecule has 0 saturated heterocycles. The van der Waals surface area contributed by atoms with Gasteiger partial charge in [-0.05, 0) is 36.0 Å². The number of aryl methyl sites for hydroxylation is 3. The summed E-state index contributed by atoms with van der Waals surface area (Å²) in [5.74, 6) is 0. The lowest BCUT2D eigenvalue weighted by Gasteiger charge is -2.28. The molecular weight excluding hydrogens is 328 g/mol. The van der Waals surface area contributed by atoms with E-state index in [0.717, 1.165) is 0 Å². The smallest absolute Gasteiger partial charge is 0.0514 e. The topological polar surface area (TPSA) is 0 Å². The zero-order valence-electron chi connectivity index (χ0n) is 15.9. The first-order valence-corrected chi connectivity index (χ1v) is 13.0. The molecule has 0 bridgehead atoms. The zero-order chi connectivity index (χ0) is 18.1. The van der Waals surface area contributed by atoms with Gasteiger partial charge in [-0.1, -0.05) is 116 Å².